The van der Waals surface area contributed by atoms with E-state index in [4.69, 9.17) is 11.6 Å². The highest BCUT2D eigenvalue weighted by molar-refractivity contribution is 6.30. The van der Waals surface area contributed by atoms with E-state index in [1.807, 2.05) is 36.4 Å². The summed E-state index contributed by atoms with van der Waals surface area (Å²) >= 11 is 5.92. The fraction of sp³-hybridized carbons (Fsp3) is 0.294. The van der Waals surface area contributed by atoms with Gasteiger partial charge in [-0.05, 0) is 29.8 Å². The van der Waals surface area contributed by atoms with E-state index in [1.165, 1.54) is 6.07 Å². The van der Waals surface area contributed by atoms with Crippen molar-refractivity contribution in [2.75, 3.05) is 24.5 Å². The van der Waals surface area contributed by atoms with Crippen LogP contribution < -0.4 is 10.2 Å². The summed E-state index contributed by atoms with van der Waals surface area (Å²) in [5.74, 6) is 0.413. The second kappa shape index (κ2) is 6.46. The minimum atomic E-state index is -0.168. The summed E-state index contributed by atoms with van der Waals surface area (Å²) in [4.78, 5) is 2.12. The van der Waals surface area contributed by atoms with Crippen molar-refractivity contribution in [2.24, 2.45) is 5.92 Å². The van der Waals surface area contributed by atoms with Crippen molar-refractivity contribution < 1.29 is 4.39 Å². The SMILES string of the molecule is Fc1ccccc1N(Cc1ccc(Cl)cc1)CC1CNC1. The zero-order valence-corrected chi connectivity index (χ0v) is 12.5. The Morgan fingerprint density at radius 2 is 1.81 bits per heavy atom. The predicted molar refractivity (Wildman–Crippen MR) is 85.3 cm³/mol. The molecule has 0 saturated carbocycles. The van der Waals surface area contributed by atoms with Crippen LogP contribution in [0.3, 0.4) is 0 Å². The molecule has 0 amide bonds. The van der Waals surface area contributed by atoms with Gasteiger partial charge in [0.2, 0.25) is 0 Å². The Morgan fingerprint density at radius 1 is 1.10 bits per heavy atom. The molecule has 0 radical (unpaired) electrons. The maximum absolute atomic E-state index is 14.1. The number of rotatable bonds is 5. The highest BCUT2D eigenvalue weighted by atomic mass is 35.5. The first-order chi connectivity index (χ1) is 10.2. The van der Waals surface area contributed by atoms with Gasteiger partial charge in [0.25, 0.3) is 0 Å². The summed E-state index contributed by atoms with van der Waals surface area (Å²) in [5, 5.41) is 3.99. The lowest BCUT2D eigenvalue weighted by Gasteiger charge is -2.34. The van der Waals surface area contributed by atoms with Crippen LogP contribution in [0.15, 0.2) is 48.5 Å². The minimum absolute atomic E-state index is 0.168. The maximum Gasteiger partial charge on any atom is 0.146 e. The monoisotopic (exact) mass is 304 g/mol. The van der Waals surface area contributed by atoms with Crippen molar-refractivity contribution >= 4 is 17.3 Å². The lowest BCUT2D eigenvalue weighted by molar-refractivity contribution is 0.347. The van der Waals surface area contributed by atoms with E-state index in [0.29, 0.717) is 18.2 Å². The van der Waals surface area contributed by atoms with Gasteiger partial charge in [-0.15, -0.1) is 0 Å². The van der Waals surface area contributed by atoms with E-state index in [-0.39, 0.29) is 5.82 Å². The molecule has 0 unspecified atom stereocenters. The number of halogens is 2. The number of hydrogen-bond donors (Lipinski definition) is 1. The molecular formula is C17H18ClFN2. The zero-order chi connectivity index (χ0) is 14.7. The van der Waals surface area contributed by atoms with Gasteiger partial charge >= 0.3 is 0 Å². The molecule has 4 heteroatoms. The lowest BCUT2D eigenvalue weighted by atomic mass is 10.0. The second-order valence-electron chi connectivity index (χ2n) is 5.48. The number of nitrogens with one attached hydrogen (secondary N) is 1. The summed E-state index contributed by atoms with van der Waals surface area (Å²) in [7, 11) is 0. The van der Waals surface area contributed by atoms with Crippen LogP contribution in [0.5, 0.6) is 0 Å². The standard InChI is InChI=1S/C17H18ClFN2/c18-15-7-5-13(6-8-15)11-21(12-14-9-20-10-14)17-4-2-1-3-16(17)19/h1-8,14,20H,9-12H2. The van der Waals surface area contributed by atoms with Crippen LogP contribution >= 0.6 is 11.6 Å². The van der Waals surface area contributed by atoms with Crippen LogP contribution in [-0.4, -0.2) is 19.6 Å². The first-order valence-electron chi connectivity index (χ1n) is 7.17. The van der Waals surface area contributed by atoms with Crippen molar-refractivity contribution in [3.63, 3.8) is 0 Å². The molecule has 0 aromatic heterocycles. The van der Waals surface area contributed by atoms with Crippen molar-refractivity contribution in [3.05, 3.63) is 64.9 Å². The van der Waals surface area contributed by atoms with Gasteiger partial charge in [-0.3, -0.25) is 0 Å². The topological polar surface area (TPSA) is 15.3 Å². The minimum Gasteiger partial charge on any atom is -0.364 e. The summed E-state index contributed by atoms with van der Waals surface area (Å²) in [5.41, 5.74) is 1.80. The molecule has 0 bridgehead atoms. The number of benzene rings is 2. The van der Waals surface area contributed by atoms with Gasteiger partial charge in [0.15, 0.2) is 0 Å². The lowest BCUT2D eigenvalue weighted by Crippen LogP contribution is -2.48. The molecule has 0 aliphatic carbocycles. The van der Waals surface area contributed by atoms with E-state index in [0.717, 1.165) is 30.2 Å². The van der Waals surface area contributed by atoms with E-state index in [1.54, 1.807) is 6.07 Å². The third-order valence-electron chi connectivity index (χ3n) is 3.82. The Labute approximate surface area is 129 Å². The molecular weight excluding hydrogens is 287 g/mol. The molecule has 0 spiro atoms. The van der Waals surface area contributed by atoms with E-state index < -0.39 is 0 Å². The van der Waals surface area contributed by atoms with Gasteiger partial charge in [0.05, 0.1) is 5.69 Å². The first kappa shape index (κ1) is 14.4. The highest BCUT2D eigenvalue weighted by Gasteiger charge is 2.22. The van der Waals surface area contributed by atoms with Crippen molar-refractivity contribution in [2.45, 2.75) is 6.54 Å². The molecule has 110 valence electrons. The van der Waals surface area contributed by atoms with Crippen molar-refractivity contribution in [1.82, 2.24) is 5.32 Å². The van der Waals surface area contributed by atoms with E-state index in [2.05, 4.69) is 10.2 Å². The Balaban J connectivity index is 1.81. The van der Waals surface area contributed by atoms with Crippen LogP contribution in [0, 0.1) is 11.7 Å². The van der Waals surface area contributed by atoms with Gasteiger partial charge < -0.3 is 10.2 Å². The van der Waals surface area contributed by atoms with Crippen LogP contribution in [0.2, 0.25) is 5.02 Å². The largest absolute Gasteiger partial charge is 0.364 e. The van der Waals surface area contributed by atoms with Gasteiger partial charge in [-0.25, -0.2) is 4.39 Å². The van der Waals surface area contributed by atoms with E-state index >= 15 is 0 Å². The van der Waals surface area contributed by atoms with Gasteiger partial charge in [0, 0.05) is 37.1 Å². The molecule has 3 rings (SSSR count). The predicted octanol–water partition coefficient (Wildman–Crippen LogP) is 3.71. The van der Waals surface area contributed by atoms with Gasteiger partial charge in [-0.1, -0.05) is 35.9 Å². The third-order valence-corrected chi connectivity index (χ3v) is 4.08. The molecule has 21 heavy (non-hydrogen) atoms. The molecule has 1 saturated heterocycles. The van der Waals surface area contributed by atoms with Crippen LogP contribution in [0.4, 0.5) is 10.1 Å². The average molecular weight is 305 g/mol. The molecule has 1 aliphatic heterocycles. The Kier molecular flexibility index (Phi) is 4.42. The molecule has 1 aliphatic rings. The number of nitrogens with zero attached hydrogens (tertiary/aromatic N) is 1. The third kappa shape index (κ3) is 3.55. The Bertz CT molecular complexity index is 596. The Morgan fingerprint density at radius 3 is 2.43 bits per heavy atom. The summed E-state index contributed by atoms with van der Waals surface area (Å²) < 4.78 is 14.1. The fourth-order valence-corrected chi connectivity index (χ4v) is 2.68. The van der Waals surface area contributed by atoms with Crippen LogP contribution in [-0.2, 0) is 6.54 Å². The number of para-hydroxylation sites is 1. The van der Waals surface area contributed by atoms with Gasteiger partial charge in [-0.2, -0.15) is 0 Å². The fourth-order valence-electron chi connectivity index (χ4n) is 2.56. The molecule has 2 aromatic carbocycles. The molecule has 1 N–H and O–H groups in total. The molecule has 2 nitrogen and oxygen atoms in total. The maximum atomic E-state index is 14.1. The molecule has 1 heterocycles. The Hall–Kier alpha value is -1.58. The van der Waals surface area contributed by atoms with Crippen LogP contribution in [0.25, 0.3) is 0 Å². The second-order valence-corrected chi connectivity index (χ2v) is 5.92. The number of anilines is 1. The van der Waals surface area contributed by atoms with E-state index in [9.17, 15) is 4.39 Å². The molecule has 2 aromatic rings. The van der Waals surface area contributed by atoms with Crippen molar-refractivity contribution in [1.29, 1.82) is 0 Å². The smallest absolute Gasteiger partial charge is 0.146 e. The van der Waals surface area contributed by atoms with Crippen molar-refractivity contribution in [3.8, 4) is 0 Å². The van der Waals surface area contributed by atoms with Gasteiger partial charge in [0.1, 0.15) is 5.82 Å². The van der Waals surface area contributed by atoms with Crippen LogP contribution in [0.1, 0.15) is 5.56 Å². The molecule has 1 fully saturated rings. The average Bonchev–Trinajstić information content (AvgIpc) is 2.44. The quantitative estimate of drug-likeness (QED) is 0.906. The zero-order valence-electron chi connectivity index (χ0n) is 11.7. The summed E-state index contributed by atoms with van der Waals surface area (Å²) in [6.07, 6.45) is 0. The number of hydrogen-bond acceptors (Lipinski definition) is 2. The highest BCUT2D eigenvalue weighted by Crippen LogP contribution is 2.23. The summed E-state index contributed by atoms with van der Waals surface area (Å²) in [6.45, 7) is 3.56. The molecule has 0 atom stereocenters. The normalized spacial score (nSPS) is 14.8. The first-order valence-corrected chi connectivity index (χ1v) is 7.55. The summed E-state index contributed by atoms with van der Waals surface area (Å²) in [6, 6.07) is 14.7.